The Kier molecular flexibility index (Phi) is 3.44. The van der Waals surface area contributed by atoms with Crippen molar-refractivity contribution in [2.24, 2.45) is 0 Å². The zero-order valence-electron chi connectivity index (χ0n) is 11.7. The summed E-state index contributed by atoms with van der Waals surface area (Å²) in [6.45, 7) is 8.78. The molecule has 0 amide bonds. The van der Waals surface area contributed by atoms with Gasteiger partial charge >= 0.3 is 7.12 Å². The molecule has 18 heavy (non-hydrogen) atoms. The highest BCUT2D eigenvalue weighted by atomic mass is 16.7. The lowest BCUT2D eigenvalue weighted by Crippen LogP contribution is -2.41. The highest BCUT2D eigenvalue weighted by molar-refractivity contribution is 6.61. The smallest absolute Gasteiger partial charge is 0.399 e. The summed E-state index contributed by atoms with van der Waals surface area (Å²) in [6.07, 6.45) is 3.53. The Morgan fingerprint density at radius 1 is 1.11 bits per heavy atom. The number of hydrogen-bond acceptors (Lipinski definition) is 5. The molecule has 0 atom stereocenters. The monoisotopic (exact) mass is 249 g/mol. The summed E-state index contributed by atoms with van der Waals surface area (Å²) in [7, 11) is 1.48. The van der Waals surface area contributed by atoms with Crippen LogP contribution in [-0.4, -0.2) is 35.3 Å². The Balaban J connectivity index is 2.14. The van der Waals surface area contributed by atoms with E-state index in [4.69, 9.17) is 9.31 Å². The zero-order chi connectivity index (χ0) is 13.4. The van der Waals surface area contributed by atoms with Crippen LogP contribution in [0.3, 0.4) is 0 Å². The van der Waals surface area contributed by atoms with Crippen molar-refractivity contribution >= 4 is 12.6 Å². The Morgan fingerprint density at radius 2 is 1.61 bits per heavy atom. The van der Waals surface area contributed by atoms with Crippen molar-refractivity contribution in [1.29, 1.82) is 0 Å². The summed E-state index contributed by atoms with van der Waals surface area (Å²) in [5.74, 6) is 0.762. The molecule has 1 N–H and O–H groups in total. The molecule has 1 fully saturated rings. The van der Waals surface area contributed by atoms with Crippen LogP contribution in [0, 0.1) is 0 Å². The van der Waals surface area contributed by atoms with Gasteiger partial charge in [0.05, 0.1) is 17.7 Å². The summed E-state index contributed by atoms with van der Waals surface area (Å²) in [5, 5.41) is 3.01. The molecule has 0 radical (unpaired) electrons. The summed E-state index contributed by atoms with van der Waals surface area (Å²) >= 11 is 0. The predicted octanol–water partition coefficient (Wildman–Crippen LogP) is 0.495. The van der Waals surface area contributed by atoms with Gasteiger partial charge in [-0.3, -0.25) is 0 Å². The maximum atomic E-state index is 5.93. The van der Waals surface area contributed by atoms with Gasteiger partial charge in [0.25, 0.3) is 0 Å². The van der Waals surface area contributed by atoms with E-state index in [0.717, 1.165) is 11.3 Å². The Morgan fingerprint density at radius 3 is 2.06 bits per heavy atom. The fourth-order valence-corrected chi connectivity index (χ4v) is 1.72. The van der Waals surface area contributed by atoms with E-state index in [0.29, 0.717) is 6.54 Å². The molecular formula is C12H20BN3O2. The molecule has 0 bridgehead atoms. The molecule has 0 aliphatic carbocycles. The van der Waals surface area contributed by atoms with Gasteiger partial charge in [-0.25, -0.2) is 9.97 Å². The van der Waals surface area contributed by atoms with Crippen LogP contribution in [0.15, 0.2) is 12.4 Å². The van der Waals surface area contributed by atoms with Crippen LogP contribution in [0.25, 0.3) is 0 Å². The van der Waals surface area contributed by atoms with Crippen LogP contribution in [0.4, 0.5) is 0 Å². The van der Waals surface area contributed by atoms with E-state index < -0.39 is 7.12 Å². The topological polar surface area (TPSA) is 56.3 Å². The summed E-state index contributed by atoms with van der Waals surface area (Å²) in [6, 6.07) is 0. The highest BCUT2D eigenvalue weighted by Gasteiger charge is 2.51. The summed E-state index contributed by atoms with van der Waals surface area (Å²) in [4.78, 5) is 8.55. The molecule has 0 aromatic carbocycles. The Hall–Kier alpha value is -0.975. The summed E-state index contributed by atoms with van der Waals surface area (Å²) in [5.41, 5.74) is 0.191. The SMILES string of the molecule is CNCc1ncc(B2OC(C)(C)C(C)(C)O2)cn1. The first-order chi connectivity index (χ1) is 8.36. The van der Waals surface area contributed by atoms with E-state index in [1.165, 1.54) is 0 Å². The first-order valence-electron chi connectivity index (χ1n) is 6.17. The van der Waals surface area contributed by atoms with Gasteiger partial charge in [0.1, 0.15) is 5.82 Å². The van der Waals surface area contributed by atoms with Crippen LogP contribution < -0.4 is 10.8 Å². The number of aromatic nitrogens is 2. The second-order valence-electron chi connectivity index (χ2n) is 5.55. The van der Waals surface area contributed by atoms with Gasteiger partial charge in [0.15, 0.2) is 0 Å². The molecule has 0 unspecified atom stereocenters. The van der Waals surface area contributed by atoms with Crippen LogP contribution >= 0.6 is 0 Å². The molecule has 6 heteroatoms. The number of nitrogens with zero attached hydrogens (tertiary/aromatic N) is 2. The zero-order valence-corrected chi connectivity index (χ0v) is 11.7. The third-order valence-corrected chi connectivity index (χ3v) is 3.59. The summed E-state index contributed by atoms with van der Waals surface area (Å²) < 4.78 is 11.9. The second kappa shape index (κ2) is 4.61. The molecule has 1 aliphatic heterocycles. The first kappa shape index (κ1) is 13.5. The van der Waals surface area contributed by atoms with Crippen LogP contribution in [0.1, 0.15) is 33.5 Å². The second-order valence-corrected chi connectivity index (χ2v) is 5.55. The largest absolute Gasteiger partial charge is 0.498 e. The molecule has 1 aliphatic rings. The van der Waals surface area contributed by atoms with Crippen molar-refractivity contribution < 1.29 is 9.31 Å². The maximum Gasteiger partial charge on any atom is 0.498 e. The lowest BCUT2D eigenvalue weighted by molar-refractivity contribution is 0.00578. The third kappa shape index (κ3) is 2.41. The van der Waals surface area contributed by atoms with E-state index in [2.05, 4.69) is 15.3 Å². The minimum atomic E-state index is -0.390. The Labute approximate surface area is 108 Å². The number of nitrogens with one attached hydrogen (secondary N) is 1. The number of rotatable bonds is 3. The molecule has 2 rings (SSSR count). The van der Waals surface area contributed by atoms with Gasteiger partial charge in [0.2, 0.25) is 0 Å². The van der Waals surface area contributed by atoms with Gasteiger partial charge < -0.3 is 14.6 Å². The van der Waals surface area contributed by atoms with Gasteiger partial charge in [-0.1, -0.05) is 0 Å². The first-order valence-corrected chi connectivity index (χ1v) is 6.17. The molecule has 1 aromatic rings. The molecule has 0 saturated carbocycles. The van der Waals surface area contributed by atoms with E-state index in [-0.39, 0.29) is 11.2 Å². The van der Waals surface area contributed by atoms with Crippen LogP contribution in [-0.2, 0) is 15.9 Å². The van der Waals surface area contributed by atoms with Crippen LogP contribution in [0.2, 0.25) is 0 Å². The minimum absolute atomic E-state index is 0.332. The van der Waals surface area contributed by atoms with Crippen molar-refractivity contribution in [3.8, 4) is 0 Å². The van der Waals surface area contributed by atoms with Crippen molar-refractivity contribution in [2.45, 2.75) is 45.4 Å². The molecule has 98 valence electrons. The van der Waals surface area contributed by atoms with E-state index in [1.54, 1.807) is 12.4 Å². The molecule has 2 heterocycles. The van der Waals surface area contributed by atoms with Crippen molar-refractivity contribution in [3.63, 3.8) is 0 Å². The average Bonchev–Trinajstić information content (AvgIpc) is 2.50. The van der Waals surface area contributed by atoms with Crippen molar-refractivity contribution in [2.75, 3.05) is 7.05 Å². The highest BCUT2D eigenvalue weighted by Crippen LogP contribution is 2.36. The van der Waals surface area contributed by atoms with Crippen LogP contribution in [0.5, 0.6) is 0 Å². The molecule has 0 spiro atoms. The molecule has 1 aromatic heterocycles. The fraction of sp³-hybridized carbons (Fsp3) is 0.667. The molecule has 1 saturated heterocycles. The normalized spacial score (nSPS) is 21.3. The predicted molar refractivity (Wildman–Crippen MR) is 70.5 cm³/mol. The van der Waals surface area contributed by atoms with Crippen molar-refractivity contribution in [3.05, 3.63) is 18.2 Å². The van der Waals surface area contributed by atoms with Gasteiger partial charge in [0, 0.05) is 17.9 Å². The van der Waals surface area contributed by atoms with E-state index in [1.807, 2.05) is 34.7 Å². The van der Waals surface area contributed by atoms with Gasteiger partial charge in [-0.2, -0.15) is 0 Å². The molecule has 5 nitrogen and oxygen atoms in total. The van der Waals surface area contributed by atoms with E-state index in [9.17, 15) is 0 Å². The minimum Gasteiger partial charge on any atom is -0.399 e. The molecular weight excluding hydrogens is 229 g/mol. The third-order valence-electron chi connectivity index (χ3n) is 3.59. The lowest BCUT2D eigenvalue weighted by atomic mass is 9.81. The van der Waals surface area contributed by atoms with E-state index >= 15 is 0 Å². The van der Waals surface area contributed by atoms with Gasteiger partial charge in [-0.15, -0.1) is 0 Å². The van der Waals surface area contributed by atoms with Crippen molar-refractivity contribution in [1.82, 2.24) is 15.3 Å². The Bertz CT molecular complexity index is 404. The number of hydrogen-bond donors (Lipinski definition) is 1. The quantitative estimate of drug-likeness (QED) is 0.790. The fourth-order valence-electron chi connectivity index (χ4n) is 1.72. The lowest BCUT2D eigenvalue weighted by Gasteiger charge is -2.32. The van der Waals surface area contributed by atoms with Gasteiger partial charge in [-0.05, 0) is 34.7 Å². The standard InChI is InChI=1S/C12H20BN3O2/c1-11(2)12(3,4)18-13(17-11)9-6-15-10(8-14-5)16-7-9/h6-7,14H,8H2,1-5H3. The average molecular weight is 249 g/mol. The maximum absolute atomic E-state index is 5.93.